The van der Waals surface area contributed by atoms with Gasteiger partial charge in [-0.15, -0.1) is 0 Å². The summed E-state index contributed by atoms with van der Waals surface area (Å²) in [4.78, 5) is 4.55. The van der Waals surface area contributed by atoms with Crippen LogP contribution in [0.3, 0.4) is 0 Å². The van der Waals surface area contributed by atoms with Gasteiger partial charge in [-0.3, -0.25) is 4.99 Å². The molecule has 2 aromatic carbocycles. The first-order chi connectivity index (χ1) is 9.54. The Hall–Kier alpha value is -2.33. The molecule has 2 aromatic rings. The van der Waals surface area contributed by atoms with Gasteiger partial charge in [-0.1, -0.05) is 48.2 Å². The highest BCUT2D eigenvalue weighted by atomic mass is 14.8. The van der Waals surface area contributed by atoms with Crippen molar-refractivity contribution in [3.8, 4) is 11.8 Å². The molecule has 0 heterocycles. The van der Waals surface area contributed by atoms with Crippen LogP contribution in [0, 0.1) is 11.8 Å². The van der Waals surface area contributed by atoms with Crippen molar-refractivity contribution >= 4 is 6.21 Å². The standard InChI is InChI=1S/C19H19N/c1-19(2,3)20-15-18-12-8-7-11-17(18)14-13-16-9-5-4-6-10-16/h4-12,15H,1-3H3/b20-15+. The van der Waals surface area contributed by atoms with Gasteiger partial charge in [-0.05, 0) is 39.0 Å². The van der Waals surface area contributed by atoms with Gasteiger partial charge < -0.3 is 0 Å². The number of hydrogen-bond acceptors (Lipinski definition) is 1. The zero-order valence-electron chi connectivity index (χ0n) is 12.2. The highest BCUT2D eigenvalue weighted by Gasteiger charge is 2.05. The molecule has 0 aromatic heterocycles. The molecule has 0 saturated carbocycles. The molecule has 0 aliphatic heterocycles. The Labute approximate surface area is 121 Å². The molecule has 0 aliphatic rings. The third-order valence-corrected chi connectivity index (χ3v) is 2.67. The fourth-order valence-electron chi connectivity index (χ4n) is 1.65. The molecule has 0 fully saturated rings. The van der Waals surface area contributed by atoms with E-state index >= 15 is 0 Å². The van der Waals surface area contributed by atoms with Gasteiger partial charge >= 0.3 is 0 Å². The van der Waals surface area contributed by atoms with Crippen LogP contribution in [0.25, 0.3) is 0 Å². The second kappa shape index (κ2) is 6.21. The molecule has 20 heavy (non-hydrogen) atoms. The number of nitrogens with zero attached hydrogens (tertiary/aromatic N) is 1. The molecule has 0 amide bonds. The molecule has 1 heteroatoms. The van der Waals surface area contributed by atoms with Gasteiger partial charge in [-0.2, -0.15) is 0 Å². The predicted octanol–water partition coefficient (Wildman–Crippen LogP) is 4.30. The summed E-state index contributed by atoms with van der Waals surface area (Å²) in [5, 5.41) is 0. The molecule has 0 spiro atoms. The maximum Gasteiger partial charge on any atom is 0.0524 e. The highest BCUT2D eigenvalue weighted by molar-refractivity contribution is 5.83. The minimum absolute atomic E-state index is 0.0695. The lowest BCUT2D eigenvalue weighted by Crippen LogP contribution is -2.09. The van der Waals surface area contributed by atoms with E-state index in [-0.39, 0.29) is 5.54 Å². The van der Waals surface area contributed by atoms with Gasteiger partial charge in [-0.25, -0.2) is 0 Å². The van der Waals surface area contributed by atoms with Crippen molar-refractivity contribution in [2.75, 3.05) is 0 Å². The Morgan fingerprint density at radius 1 is 0.850 bits per heavy atom. The van der Waals surface area contributed by atoms with Gasteiger partial charge in [0.2, 0.25) is 0 Å². The summed E-state index contributed by atoms with van der Waals surface area (Å²) in [7, 11) is 0. The highest BCUT2D eigenvalue weighted by Crippen LogP contribution is 2.10. The largest absolute Gasteiger partial charge is 0.287 e. The average Bonchev–Trinajstić information content (AvgIpc) is 2.44. The SMILES string of the molecule is CC(C)(C)/N=C/c1ccccc1C#Cc1ccccc1. The minimum atomic E-state index is -0.0695. The monoisotopic (exact) mass is 261 g/mol. The zero-order chi connectivity index (χ0) is 14.4. The molecule has 0 aliphatic carbocycles. The smallest absolute Gasteiger partial charge is 0.0524 e. The lowest BCUT2D eigenvalue weighted by atomic mass is 10.1. The Bertz CT molecular complexity index is 649. The van der Waals surface area contributed by atoms with Crippen LogP contribution in [0.15, 0.2) is 59.6 Å². The van der Waals surface area contributed by atoms with E-state index in [0.29, 0.717) is 0 Å². The second-order valence-electron chi connectivity index (χ2n) is 5.63. The fraction of sp³-hybridized carbons (Fsp3) is 0.211. The maximum atomic E-state index is 4.55. The first-order valence-electron chi connectivity index (χ1n) is 6.76. The Morgan fingerprint density at radius 2 is 1.50 bits per heavy atom. The number of benzene rings is 2. The number of aliphatic imine (C=N–C) groups is 1. The lowest BCUT2D eigenvalue weighted by Gasteiger charge is -2.11. The number of rotatable bonds is 1. The van der Waals surface area contributed by atoms with Crippen LogP contribution in [0.4, 0.5) is 0 Å². The van der Waals surface area contributed by atoms with Crippen molar-refractivity contribution in [2.24, 2.45) is 4.99 Å². The van der Waals surface area contributed by atoms with Crippen LogP contribution >= 0.6 is 0 Å². The molecule has 2 rings (SSSR count). The van der Waals surface area contributed by atoms with E-state index in [4.69, 9.17) is 0 Å². The molecular formula is C19H19N. The van der Waals surface area contributed by atoms with E-state index in [1.54, 1.807) is 0 Å². The Kier molecular flexibility index (Phi) is 4.38. The molecule has 0 radical (unpaired) electrons. The van der Waals surface area contributed by atoms with Crippen molar-refractivity contribution in [3.05, 3.63) is 71.3 Å². The van der Waals surface area contributed by atoms with Gasteiger partial charge in [0, 0.05) is 22.9 Å². The molecular weight excluding hydrogens is 242 g/mol. The normalized spacial score (nSPS) is 11.2. The van der Waals surface area contributed by atoms with Crippen LogP contribution < -0.4 is 0 Å². The average molecular weight is 261 g/mol. The summed E-state index contributed by atoms with van der Waals surface area (Å²) in [5.74, 6) is 6.41. The predicted molar refractivity (Wildman–Crippen MR) is 86.2 cm³/mol. The molecule has 0 atom stereocenters. The van der Waals surface area contributed by atoms with Crippen molar-refractivity contribution < 1.29 is 0 Å². The van der Waals surface area contributed by atoms with Gasteiger partial charge in [0.1, 0.15) is 0 Å². The molecule has 0 N–H and O–H groups in total. The van der Waals surface area contributed by atoms with E-state index in [1.165, 1.54) is 0 Å². The summed E-state index contributed by atoms with van der Waals surface area (Å²) in [6, 6.07) is 18.1. The summed E-state index contributed by atoms with van der Waals surface area (Å²) in [6.07, 6.45) is 1.91. The summed E-state index contributed by atoms with van der Waals surface area (Å²) < 4.78 is 0. The summed E-state index contributed by atoms with van der Waals surface area (Å²) in [6.45, 7) is 6.26. The lowest BCUT2D eigenvalue weighted by molar-refractivity contribution is 0.586. The van der Waals surface area contributed by atoms with E-state index in [0.717, 1.165) is 16.7 Å². The molecule has 100 valence electrons. The summed E-state index contributed by atoms with van der Waals surface area (Å²) >= 11 is 0. The molecule has 0 unspecified atom stereocenters. The quantitative estimate of drug-likeness (QED) is 0.536. The van der Waals surface area contributed by atoms with E-state index in [9.17, 15) is 0 Å². The molecule has 1 nitrogen and oxygen atoms in total. The third kappa shape index (κ3) is 4.40. The molecule has 0 bridgehead atoms. The minimum Gasteiger partial charge on any atom is -0.287 e. The summed E-state index contributed by atoms with van der Waals surface area (Å²) in [5.41, 5.74) is 3.02. The second-order valence-corrected chi connectivity index (χ2v) is 5.63. The Morgan fingerprint density at radius 3 is 2.20 bits per heavy atom. The van der Waals surface area contributed by atoms with E-state index < -0.39 is 0 Å². The van der Waals surface area contributed by atoms with Crippen LogP contribution in [0.5, 0.6) is 0 Å². The van der Waals surface area contributed by atoms with Crippen LogP contribution in [0.1, 0.15) is 37.5 Å². The van der Waals surface area contributed by atoms with Crippen molar-refractivity contribution in [3.63, 3.8) is 0 Å². The fourth-order valence-corrected chi connectivity index (χ4v) is 1.65. The first-order valence-corrected chi connectivity index (χ1v) is 6.76. The maximum absolute atomic E-state index is 4.55. The Balaban J connectivity index is 2.30. The van der Waals surface area contributed by atoms with Crippen LogP contribution in [0.2, 0.25) is 0 Å². The number of hydrogen-bond donors (Lipinski definition) is 0. The van der Waals surface area contributed by atoms with Crippen LogP contribution in [-0.2, 0) is 0 Å². The zero-order valence-corrected chi connectivity index (χ0v) is 12.2. The van der Waals surface area contributed by atoms with Gasteiger partial charge in [0.15, 0.2) is 0 Å². The first kappa shape index (κ1) is 14.1. The van der Waals surface area contributed by atoms with E-state index in [2.05, 4.69) is 37.6 Å². The van der Waals surface area contributed by atoms with Gasteiger partial charge in [0.05, 0.1) is 5.54 Å². The van der Waals surface area contributed by atoms with Gasteiger partial charge in [0.25, 0.3) is 0 Å². The van der Waals surface area contributed by atoms with Crippen LogP contribution in [-0.4, -0.2) is 11.8 Å². The van der Waals surface area contributed by atoms with E-state index in [1.807, 2.05) is 60.8 Å². The molecule has 0 saturated heterocycles. The van der Waals surface area contributed by atoms with Crippen molar-refractivity contribution in [1.29, 1.82) is 0 Å². The topological polar surface area (TPSA) is 12.4 Å². The van der Waals surface area contributed by atoms with Crippen molar-refractivity contribution in [2.45, 2.75) is 26.3 Å². The third-order valence-electron chi connectivity index (χ3n) is 2.67. The van der Waals surface area contributed by atoms with Crippen molar-refractivity contribution in [1.82, 2.24) is 0 Å².